The van der Waals surface area contributed by atoms with E-state index in [9.17, 15) is 9.90 Å². The molecule has 0 aromatic heterocycles. The van der Waals surface area contributed by atoms with Crippen molar-refractivity contribution in [1.29, 1.82) is 0 Å². The van der Waals surface area contributed by atoms with Crippen LogP contribution in [-0.4, -0.2) is 11.1 Å². The minimum atomic E-state index is -0.707. The van der Waals surface area contributed by atoms with Crippen LogP contribution in [0.15, 0.2) is 30.3 Å². The summed E-state index contributed by atoms with van der Waals surface area (Å²) >= 11 is 0. The highest BCUT2D eigenvalue weighted by Gasteiger charge is 2.39. The molecule has 1 rings (SSSR count). The molecule has 202 valence electrons. The van der Waals surface area contributed by atoms with Crippen molar-refractivity contribution in [2.45, 2.75) is 167 Å². The quantitative estimate of drug-likeness (QED) is 0.139. The number of carboxylic acid groups (broad SMARTS) is 1. The maximum absolute atomic E-state index is 12.6. The highest BCUT2D eigenvalue weighted by atomic mass is 16.4. The molecule has 1 unspecified atom stereocenters. The molecule has 0 saturated carbocycles. The predicted molar refractivity (Wildman–Crippen MR) is 153 cm³/mol. The summed E-state index contributed by atoms with van der Waals surface area (Å²) in [6.07, 6.45) is 28.8. The summed E-state index contributed by atoms with van der Waals surface area (Å²) in [6.45, 7) is 4.53. The number of unbranched alkanes of at least 4 members (excludes halogenated alkanes) is 19. The number of hydrogen-bond donors (Lipinski definition) is 1. The Morgan fingerprint density at radius 3 is 1.17 bits per heavy atom. The van der Waals surface area contributed by atoms with Gasteiger partial charge in [-0.2, -0.15) is 0 Å². The van der Waals surface area contributed by atoms with Crippen LogP contribution in [0.4, 0.5) is 0 Å². The number of rotatable bonds is 25. The number of hydrogen-bond acceptors (Lipinski definition) is 1. The standard InChI is InChI=1S/C33H58O2/c1-3-5-7-9-11-12-13-14-15-16-17-19-21-26-30-33(32(34)35,31-27-23-22-24-28-31)29-25-20-18-10-8-6-4-2/h22-24,27-28H,3-21,25-26,29-30H2,1-2H3,(H,34,35). The average Bonchev–Trinajstić information content (AvgIpc) is 2.87. The van der Waals surface area contributed by atoms with E-state index in [4.69, 9.17) is 0 Å². The third-order valence-electron chi connectivity index (χ3n) is 7.90. The van der Waals surface area contributed by atoms with Gasteiger partial charge in [0.05, 0.1) is 5.41 Å². The zero-order valence-electron chi connectivity index (χ0n) is 23.5. The second kappa shape index (κ2) is 21.9. The third kappa shape index (κ3) is 14.7. The van der Waals surface area contributed by atoms with Crippen LogP contribution in [0.3, 0.4) is 0 Å². The Hall–Kier alpha value is -1.31. The minimum absolute atomic E-state index is 0.621. The Kier molecular flexibility index (Phi) is 19.9. The number of aliphatic carboxylic acids is 1. The van der Waals surface area contributed by atoms with Gasteiger partial charge in [-0.15, -0.1) is 0 Å². The molecule has 1 atom stereocenters. The first-order valence-corrected chi connectivity index (χ1v) is 15.5. The van der Waals surface area contributed by atoms with Crippen molar-refractivity contribution in [3.63, 3.8) is 0 Å². The summed E-state index contributed by atoms with van der Waals surface area (Å²) in [5.74, 6) is -0.621. The smallest absolute Gasteiger partial charge is 0.314 e. The zero-order chi connectivity index (χ0) is 25.5. The molecule has 0 aliphatic rings. The highest BCUT2D eigenvalue weighted by Crippen LogP contribution is 2.36. The van der Waals surface area contributed by atoms with Gasteiger partial charge in [-0.1, -0.05) is 179 Å². The zero-order valence-corrected chi connectivity index (χ0v) is 23.5. The van der Waals surface area contributed by atoms with Gasteiger partial charge in [0.1, 0.15) is 0 Å². The second-order valence-electron chi connectivity index (χ2n) is 11.0. The average molecular weight is 487 g/mol. The monoisotopic (exact) mass is 486 g/mol. The number of carbonyl (C=O) groups is 1. The maximum atomic E-state index is 12.6. The SMILES string of the molecule is CCCCCCCCCCCCCCCCC(CCCCCCCCC)(C(=O)O)c1ccccc1. The maximum Gasteiger partial charge on any atom is 0.314 e. The Bertz CT molecular complexity index is 596. The van der Waals surface area contributed by atoms with E-state index in [0.29, 0.717) is 0 Å². The van der Waals surface area contributed by atoms with Crippen molar-refractivity contribution in [2.75, 3.05) is 0 Å². The first-order chi connectivity index (χ1) is 17.2. The van der Waals surface area contributed by atoms with Gasteiger partial charge in [-0.3, -0.25) is 4.79 Å². The normalized spacial score (nSPS) is 13.1. The molecule has 2 nitrogen and oxygen atoms in total. The molecular weight excluding hydrogens is 428 g/mol. The van der Waals surface area contributed by atoms with Gasteiger partial charge in [0.2, 0.25) is 0 Å². The first-order valence-electron chi connectivity index (χ1n) is 15.5. The molecule has 0 radical (unpaired) electrons. The fourth-order valence-corrected chi connectivity index (χ4v) is 5.51. The molecule has 0 spiro atoms. The lowest BCUT2D eigenvalue weighted by atomic mass is 9.72. The lowest BCUT2D eigenvalue weighted by molar-refractivity contribution is -0.144. The largest absolute Gasteiger partial charge is 0.481 e. The molecule has 1 aromatic carbocycles. The summed E-state index contributed by atoms with van der Waals surface area (Å²) in [7, 11) is 0. The van der Waals surface area contributed by atoms with Crippen molar-refractivity contribution in [3.05, 3.63) is 35.9 Å². The summed E-state index contributed by atoms with van der Waals surface area (Å²) in [4.78, 5) is 12.6. The molecular formula is C33H58O2. The Labute approximate surface area is 218 Å². The second-order valence-corrected chi connectivity index (χ2v) is 11.0. The molecule has 1 aromatic rings. The van der Waals surface area contributed by atoms with E-state index in [0.717, 1.165) is 44.1 Å². The molecule has 0 aliphatic carbocycles. The first kappa shape index (κ1) is 31.7. The molecule has 0 bridgehead atoms. The van der Waals surface area contributed by atoms with Gasteiger partial charge in [0.25, 0.3) is 0 Å². The van der Waals surface area contributed by atoms with E-state index in [1.165, 1.54) is 109 Å². The molecule has 0 amide bonds. The van der Waals surface area contributed by atoms with Crippen LogP contribution in [0.5, 0.6) is 0 Å². The van der Waals surface area contributed by atoms with Crippen LogP contribution in [0.25, 0.3) is 0 Å². The van der Waals surface area contributed by atoms with Crippen LogP contribution in [0.1, 0.15) is 167 Å². The molecule has 1 N–H and O–H groups in total. The molecule has 0 aliphatic heterocycles. The van der Waals surface area contributed by atoms with Gasteiger partial charge in [0.15, 0.2) is 0 Å². The minimum Gasteiger partial charge on any atom is -0.481 e. The Balaban J connectivity index is 2.30. The van der Waals surface area contributed by atoms with Gasteiger partial charge < -0.3 is 5.11 Å². The van der Waals surface area contributed by atoms with Gasteiger partial charge >= 0.3 is 5.97 Å². The van der Waals surface area contributed by atoms with Gasteiger partial charge in [0, 0.05) is 0 Å². The Morgan fingerprint density at radius 1 is 0.543 bits per heavy atom. The van der Waals surface area contributed by atoms with Crippen molar-refractivity contribution in [1.82, 2.24) is 0 Å². The van der Waals surface area contributed by atoms with Crippen molar-refractivity contribution in [2.24, 2.45) is 0 Å². The van der Waals surface area contributed by atoms with Crippen molar-refractivity contribution >= 4 is 5.97 Å². The van der Waals surface area contributed by atoms with E-state index in [1.807, 2.05) is 30.3 Å². The predicted octanol–water partition coefficient (Wildman–Crippen LogP) is 11.0. The fourth-order valence-electron chi connectivity index (χ4n) is 5.51. The van der Waals surface area contributed by atoms with Crippen LogP contribution in [-0.2, 0) is 10.2 Å². The van der Waals surface area contributed by atoms with Crippen LogP contribution in [0.2, 0.25) is 0 Å². The lowest BCUT2D eigenvalue weighted by Crippen LogP contribution is -2.36. The fraction of sp³-hybridized carbons (Fsp3) is 0.788. The van der Waals surface area contributed by atoms with E-state index in [1.54, 1.807) is 0 Å². The molecule has 0 saturated heterocycles. The Morgan fingerprint density at radius 2 is 0.857 bits per heavy atom. The number of benzene rings is 1. The molecule has 0 fully saturated rings. The highest BCUT2D eigenvalue weighted by molar-refractivity contribution is 5.81. The number of carboxylic acids is 1. The van der Waals surface area contributed by atoms with Crippen LogP contribution in [0, 0.1) is 0 Å². The van der Waals surface area contributed by atoms with Crippen molar-refractivity contribution < 1.29 is 9.90 Å². The summed E-state index contributed by atoms with van der Waals surface area (Å²) in [6, 6.07) is 10.1. The van der Waals surface area contributed by atoms with Crippen LogP contribution >= 0.6 is 0 Å². The molecule has 2 heteroatoms. The van der Waals surface area contributed by atoms with Crippen LogP contribution < -0.4 is 0 Å². The summed E-state index contributed by atoms with van der Waals surface area (Å²) < 4.78 is 0. The van der Waals surface area contributed by atoms with E-state index >= 15 is 0 Å². The summed E-state index contributed by atoms with van der Waals surface area (Å²) in [5, 5.41) is 10.4. The van der Waals surface area contributed by atoms with E-state index in [-0.39, 0.29) is 0 Å². The lowest BCUT2D eigenvalue weighted by Gasteiger charge is -2.30. The summed E-state index contributed by atoms with van der Waals surface area (Å²) in [5.41, 5.74) is 0.301. The van der Waals surface area contributed by atoms with E-state index < -0.39 is 11.4 Å². The third-order valence-corrected chi connectivity index (χ3v) is 7.90. The van der Waals surface area contributed by atoms with Crippen molar-refractivity contribution in [3.8, 4) is 0 Å². The molecule has 35 heavy (non-hydrogen) atoms. The topological polar surface area (TPSA) is 37.3 Å². The van der Waals surface area contributed by atoms with Gasteiger partial charge in [-0.25, -0.2) is 0 Å². The van der Waals surface area contributed by atoms with E-state index in [2.05, 4.69) is 13.8 Å². The molecule has 0 heterocycles. The van der Waals surface area contributed by atoms with Gasteiger partial charge in [-0.05, 0) is 18.4 Å².